The van der Waals surface area contributed by atoms with Crippen molar-refractivity contribution in [2.75, 3.05) is 13.2 Å². The highest BCUT2D eigenvalue weighted by Gasteiger charge is 2.19. The smallest absolute Gasteiger partial charge is 0.123 e. The van der Waals surface area contributed by atoms with E-state index in [0.717, 1.165) is 43.9 Å². The molecule has 124 valence electrons. The summed E-state index contributed by atoms with van der Waals surface area (Å²) in [4.78, 5) is 2.67. The van der Waals surface area contributed by atoms with Crippen LogP contribution in [0.5, 0.6) is 0 Å². The van der Waals surface area contributed by atoms with Gasteiger partial charge in [0.2, 0.25) is 0 Å². The normalized spacial score (nSPS) is 16.8. The number of aromatic amines is 1. The number of rotatable bonds is 3. The van der Waals surface area contributed by atoms with Gasteiger partial charge in [0, 0.05) is 35.6 Å². The van der Waals surface area contributed by atoms with Gasteiger partial charge in [0.1, 0.15) is 5.69 Å². The molecule has 5 heterocycles. The molecule has 2 aliphatic rings. The van der Waals surface area contributed by atoms with Crippen LogP contribution in [0.1, 0.15) is 27.4 Å². The van der Waals surface area contributed by atoms with E-state index in [-0.39, 0.29) is 0 Å². The molecular formula is C16H18N6OS. The van der Waals surface area contributed by atoms with Crippen molar-refractivity contribution in [1.82, 2.24) is 30.5 Å². The second kappa shape index (κ2) is 5.80. The van der Waals surface area contributed by atoms with Crippen LogP contribution in [0.15, 0.2) is 12.3 Å². The van der Waals surface area contributed by atoms with E-state index in [1.165, 1.54) is 26.6 Å². The van der Waals surface area contributed by atoms with Crippen molar-refractivity contribution in [3.63, 3.8) is 0 Å². The quantitative estimate of drug-likeness (QED) is 0.754. The Hall–Kier alpha value is -2.03. The van der Waals surface area contributed by atoms with Gasteiger partial charge in [-0.2, -0.15) is 5.10 Å². The molecule has 0 saturated carbocycles. The van der Waals surface area contributed by atoms with Crippen LogP contribution in [0, 0.1) is 0 Å². The number of hydrogen-bond acceptors (Lipinski definition) is 6. The van der Waals surface area contributed by atoms with Crippen LogP contribution in [0.2, 0.25) is 0 Å². The summed E-state index contributed by atoms with van der Waals surface area (Å²) in [6.07, 6.45) is 4.02. The largest absolute Gasteiger partial charge is 0.376 e. The van der Waals surface area contributed by atoms with Crippen LogP contribution in [0.4, 0.5) is 0 Å². The molecule has 3 aromatic rings. The zero-order chi connectivity index (χ0) is 15.9. The number of fused-ring (bicyclic) bond motifs is 2. The number of H-pyrrole nitrogens is 1. The molecule has 0 aromatic carbocycles. The Bertz CT molecular complexity index is 856. The Kier molecular flexibility index (Phi) is 3.46. The van der Waals surface area contributed by atoms with Gasteiger partial charge < -0.3 is 10.1 Å². The number of aromatic nitrogens is 5. The Labute approximate surface area is 143 Å². The maximum Gasteiger partial charge on any atom is 0.123 e. The van der Waals surface area contributed by atoms with Crippen LogP contribution in [0.3, 0.4) is 0 Å². The first-order valence-electron chi connectivity index (χ1n) is 8.22. The third-order valence-corrected chi connectivity index (χ3v) is 5.88. The molecule has 0 radical (unpaired) electrons. The first kappa shape index (κ1) is 14.3. The average molecular weight is 342 g/mol. The van der Waals surface area contributed by atoms with E-state index in [4.69, 9.17) is 4.74 Å². The molecule has 0 saturated heterocycles. The third kappa shape index (κ3) is 2.47. The first-order chi connectivity index (χ1) is 11.9. The van der Waals surface area contributed by atoms with Crippen molar-refractivity contribution in [3.8, 4) is 10.6 Å². The highest BCUT2D eigenvalue weighted by atomic mass is 32.1. The van der Waals surface area contributed by atoms with Crippen LogP contribution < -0.4 is 5.32 Å². The van der Waals surface area contributed by atoms with Gasteiger partial charge in [0.25, 0.3) is 0 Å². The number of hydrogen-bond donors (Lipinski definition) is 2. The minimum atomic E-state index is 0.620. The molecule has 5 rings (SSSR count). The minimum absolute atomic E-state index is 0.620. The van der Waals surface area contributed by atoms with Gasteiger partial charge in [-0.3, -0.25) is 5.10 Å². The van der Waals surface area contributed by atoms with Crippen LogP contribution in [-0.2, 0) is 37.3 Å². The molecule has 7 nitrogen and oxygen atoms in total. The average Bonchev–Trinajstić information content (AvgIpc) is 3.33. The number of ether oxygens (including phenoxy) is 1. The molecule has 3 aromatic heterocycles. The van der Waals surface area contributed by atoms with Crippen molar-refractivity contribution < 1.29 is 4.74 Å². The van der Waals surface area contributed by atoms with Gasteiger partial charge >= 0.3 is 0 Å². The lowest BCUT2D eigenvalue weighted by Crippen LogP contribution is -2.21. The van der Waals surface area contributed by atoms with E-state index in [1.807, 2.05) is 22.2 Å². The molecule has 24 heavy (non-hydrogen) atoms. The van der Waals surface area contributed by atoms with Crippen LogP contribution in [0.25, 0.3) is 10.6 Å². The van der Waals surface area contributed by atoms with Crippen molar-refractivity contribution in [2.45, 2.75) is 32.5 Å². The molecule has 0 atom stereocenters. The van der Waals surface area contributed by atoms with E-state index >= 15 is 0 Å². The van der Waals surface area contributed by atoms with E-state index in [9.17, 15) is 0 Å². The predicted octanol–water partition coefficient (Wildman–Crippen LogP) is 1.50. The molecule has 2 N–H and O–H groups in total. The summed E-state index contributed by atoms with van der Waals surface area (Å²) in [6, 6.07) is 2.24. The highest BCUT2D eigenvalue weighted by Crippen LogP contribution is 2.32. The van der Waals surface area contributed by atoms with Crippen molar-refractivity contribution in [3.05, 3.63) is 39.7 Å². The highest BCUT2D eigenvalue weighted by molar-refractivity contribution is 7.15. The Morgan fingerprint density at radius 2 is 2.33 bits per heavy atom. The lowest BCUT2D eigenvalue weighted by atomic mass is 10.1. The summed E-state index contributed by atoms with van der Waals surface area (Å²) in [7, 11) is 0. The van der Waals surface area contributed by atoms with Crippen molar-refractivity contribution in [2.24, 2.45) is 0 Å². The summed E-state index contributed by atoms with van der Waals surface area (Å²) in [5.41, 5.74) is 5.70. The summed E-state index contributed by atoms with van der Waals surface area (Å²) >= 11 is 1.83. The van der Waals surface area contributed by atoms with E-state index in [0.29, 0.717) is 13.2 Å². The summed E-state index contributed by atoms with van der Waals surface area (Å²) in [5, 5.41) is 19.6. The number of nitrogens with one attached hydrogen (secondary N) is 2. The van der Waals surface area contributed by atoms with Gasteiger partial charge in [0.05, 0.1) is 36.5 Å². The van der Waals surface area contributed by atoms with Gasteiger partial charge in [0.15, 0.2) is 0 Å². The maximum absolute atomic E-state index is 5.54. The summed E-state index contributed by atoms with van der Waals surface area (Å²) in [6.45, 7) is 4.04. The standard InChI is InChI=1S/C16H18N6OS/c1-3-17-6-10-5-16(24-15(1)10)14-8-22(21-20-14)7-13-11-9-23-4-2-12(11)18-19-13/h5,8,17H,1-4,6-7,9H2,(H,18,19). The van der Waals surface area contributed by atoms with Gasteiger partial charge in [-0.1, -0.05) is 5.21 Å². The fourth-order valence-corrected chi connectivity index (χ4v) is 4.45. The number of nitrogens with zero attached hydrogens (tertiary/aromatic N) is 4. The summed E-state index contributed by atoms with van der Waals surface area (Å²) < 4.78 is 7.40. The third-order valence-electron chi connectivity index (χ3n) is 4.63. The fourth-order valence-electron chi connectivity index (χ4n) is 3.32. The van der Waals surface area contributed by atoms with E-state index in [1.54, 1.807) is 0 Å². The predicted molar refractivity (Wildman–Crippen MR) is 89.8 cm³/mol. The van der Waals surface area contributed by atoms with E-state index in [2.05, 4.69) is 31.9 Å². The minimum Gasteiger partial charge on any atom is -0.376 e. The van der Waals surface area contributed by atoms with Gasteiger partial charge in [-0.25, -0.2) is 4.68 Å². The zero-order valence-electron chi connectivity index (χ0n) is 13.2. The molecule has 8 heteroatoms. The maximum atomic E-state index is 5.54. The van der Waals surface area contributed by atoms with Gasteiger partial charge in [-0.15, -0.1) is 16.4 Å². The second-order valence-corrected chi connectivity index (χ2v) is 7.35. The molecule has 2 aliphatic heterocycles. The second-order valence-electron chi connectivity index (χ2n) is 6.22. The Morgan fingerprint density at radius 1 is 1.33 bits per heavy atom. The van der Waals surface area contributed by atoms with Crippen molar-refractivity contribution >= 4 is 11.3 Å². The molecule has 0 bridgehead atoms. The lowest BCUT2D eigenvalue weighted by Gasteiger charge is -2.12. The van der Waals surface area contributed by atoms with E-state index < -0.39 is 0 Å². The lowest BCUT2D eigenvalue weighted by molar-refractivity contribution is 0.109. The Morgan fingerprint density at radius 3 is 3.29 bits per heavy atom. The SMILES string of the molecule is c1c(-c2cn(Cc3n[nH]c4c3COCC4)nn2)sc2c1CNCC2. The van der Waals surface area contributed by atoms with Crippen LogP contribution >= 0.6 is 11.3 Å². The molecular weight excluding hydrogens is 324 g/mol. The molecule has 0 aliphatic carbocycles. The van der Waals surface area contributed by atoms with Crippen LogP contribution in [-0.4, -0.2) is 38.3 Å². The number of thiophene rings is 1. The fraction of sp³-hybridized carbons (Fsp3) is 0.438. The molecule has 0 fully saturated rings. The molecule has 0 amide bonds. The van der Waals surface area contributed by atoms with Gasteiger partial charge in [-0.05, 0) is 18.1 Å². The summed E-state index contributed by atoms with van der Waals surface area (Å²) in [5.74, 6) is 0. The monoisotopic (exact) mass is 342 g/mol. The zero-order valence-corrected chi connectivity index (χ0v) is 14.0. The Balaban J connectivity index is 1.39. The molecule has 0 unspecified atom stereocenters. The topological polar surface area (TPSA) is 80.7 Å². The van der Waals surface area contributed by atoms with Crippen molar-refractivity contribution in [1.29, 1.82) is 0 Å². The molecule has 0 spiro atoms. The first-order valence-corrected chi connectivity index (χ1v) is 9.04.